The van der Waals surface area contributed by atoms with Crippen LogP contribution in [0.2, 0.25) is 5.02 Å². The zero-order valence-electron chi connectivity index (χ0n) is 10.5. The van der Waals surface area contributed by atoms with Crippen LogP contribution in [-0.2, 0) is 0 Å². The average Bonchev–Trinajstić information content (AvgIpc) is 2.43. The van der Waals surface area contributed by atoms with Crippen molar-refractivity contribution < 1.29 is 23.4 Å². The Morgan fingerprint density at radius 2 is 1.86 bits per heavy atom. The molecule has 0 heterocycles. The molecule has 0 aliphatic heterocycles. The first-order valence-corrected chi connectivity index (χ1v) is 6.18. The SMILES string of the molecule is O=C(Nc1ccc(O)c(Cl)c1)c1ccc(OC(F)F)cc1. The van der Waals surface area contributed by atoms with Crippen LogP contribution in [0.3, 0.4) is 0 Å². The molecule has 21 heavy (non-hydrogen) atoms. The molecule has 2 rings (SSSR count). The first kappa shape index (κ1) is 15.1. The summed E-state index contributed by atoms with van der Waals surface area (Å²) in [5, 5.41) is 11.9. The summed E-state index contributed by atoms with van der Waals surface area (Å²) in [6.07, 6.45) is 0. The molecule has 4 nitrogen and oxygen atoms in total. The molecule has 0 atom stereocenters. The lowest BCUT2D eigenvalue weighted by Gasteiger charge is -2.08. The molecule has 0 aliphatic rings. The Balaban J connectivity index is 2.07. The van der Waals surface area contributed by atoms with Gasteiger partial charge in [-0.2, -0.15) is 8.78 Å². The number of hydrogen-bond acceptors (Lipinski definition) is 3. The van der Waals surface area contributed by atoms with Gasteiger partial charge in [-0.05, 0) is 42.5 Å². The van der Waals surface area contributed by atoms with Crippen molar-refractivity contribution in [2.45, 2.75) is 6.61 Å². The largest absolute Gasteiger partial charge is 0.506 e. The third-order valence-corrected chi connectivity index (χ3v) is 2.85. The summed E-state index contributed by atoms with van der Waals surface area (Å²) in [4.78, 5) is 11.9. The first-order valence-electron chi connectivity index (χ1n) is 5.80. The van der Waals surface area contributed by atoms with Crippen LogP contribution in [0.1, 0.15) is 10.4 Å². The van der Waals surface area contributed by atoms with E-state index in [1.54, 1.807) is 0 Å². The third-order valence-electron chi connectivity index (χ3n) is 2.55. The average molecular weight is 314 g/mol. The maximum absolute atomic E-state index is 12.0. The Morgan fingerprint density at radius 3 is 2.43 bits per heavy atom. The van der Waals surface area contributed by atoms with Crippen molar-refractivity contribution >= 4 is 23.2 Å². The van der Waals surface area contributed by atoms with Crippen molar-refractivity contribution in [1.82, 2.24) is 0 Å². The molecule has 0 aromatic heterocycles. The topological polar surface area (TPSA) is 58.6 Å². The van der Waals surface area contributed by atoms with E-state index in [2.05, 4.69) is 10.1 Å². The highest BCUT2D eigenvalue weighted by Crippen LogP contribution is 2.26. The molecule has 0 saturated carbocycles. The van der Waals surface area contributed by atoms with Gasteiger partial charge in [-0.15, -0.1) is 0 Å². The van der Waals surface area contributed by atoms with Gasteiger partial charge in [0.2, 0.25) is 0 Å². The van der Waals surface area contributed by atoms with Crippen molar-refractivity contribution in [3.05, 3.63) is 53.1 Å². The number of amides is 1. The van der Waals surface area contributed by atoms with Crippen LogP contribution in [0.4, 0.5) is 14.5 Å². The summed E-state index contributed by atoms with van der Waals surface area (Å²) < 4.78 is 28.2. The zero-order valence-corrected chi connectivity index (χ0v) is 11.3. The van der Waals surface area contributed by atoms with Gasteiger partial charge in [0.15, 0.2) is 0 Å². The Bertz CT molecular complexity index is 647. The van der Waals surface area contributed by atoms with Crippen LogP contribution < -0.4 is 10.1 Å². The Hall–Kier alpha value is -2.34. The van der Waals surface area contributed by atoms with E-state index in [1.807, 2.05) is 0 Å². The summed E-state index contributed by atoms with van der Waals surface area (Å²) >= 11 is 5.72. The molecule has 0 bridgehead atoms. The smallest absolute Gasteiger partial charge is 0.387 e. The summed E-state index contributed by atoms with van der Waals surface area (Å²) in [6.45, 7) is -2.91. The van der Waals surface area contributed by atoms with Crippen LogP contribution in [0.15, 0.2) is 42.5 Å². The molecule has 0 unspecified atom stereocenters. The molecule has 110 valence electrons. The van der Waals surface area contributed by atoms with E-state index in [0.717, 1.165) is 0 Å². The van der Waals surface area contributed by atoms with E-state index in [9.17, 15) is 18.7 Å². The molecular formula is C14H10ClF2NO3. The van der Waals surface area contributed by atoms with E-state index in [1.165, 1.54) is 42.5 Å². The fourth-order valence-electron chi connectivity index (χ4n) is 1.58. The van der Waals surface area contributed by atoms with Gasteiger partial charge in [-0.1, -0.05) is 11.6 Å². The first-order chi connectivity index (χ1) is 9.95. The number of carbonyl (C=O) groups excluding carboxylic acids is 1. The van der Waals surface area contributed by atoms with Gasteiger partial charge in [0, 0.05) is 11.3 Å². The van der Waals surface area contributed by atoms with Crippen molar-refractivity contribution in [3.63, 3.8) is 0 Å². The number of ether oxygens (including phenoxy) is 1. The second kappa shape index (κ2) is 6.41. The fourth-order valence-corrected chi connectivity index (χ4v) is 1.76. The maximum atomic E-state index is 12.0. The molecule has 0 saturated heterocycles. The second-order valence-electron chi connectivity index (χ2n) is 4.02. The number of alkyl halides is 2. The van der Waals surface area contributed by atoms with Gasteiger partial charge in [0.05, 0.1) is 5.02 Å². The third kappa shape index (κ3) is 4.06. The number of benzene rings is 2. The van der Waals surface area contributed by atoms with E-state index in [4.69, 9.17) is 11.6 Å². The van der Waals surface area contributed by atoms with E-state index in [-0.39, 0.29) is 22.1 Å². The lowest BCUT2D eigenvalue weighted by atomic mass is 10.2. The van der Waals surface area contributed by atoms with Crippen LogP contribution in [0.5, 0.6) is 11.5 Å². The number of carbonyl (C=O) groups is 1. The molecule has 1 amide bonds. The van der Waals surface area contributed by atoms with Gasteiger partial charge < -0.3 is 15.2 Å². The molecule has 0 radical (unpaired) electrons. The van der Waals surface area contributed by atoms with Crippen LogP contribution in [0.25, 0.3) is 0 Å². The number of phenolic OH excluding ortho intramolecular Hbond substituents is 1. The molecule has 2 aromatic rings. The highest BCUT2D eigenvalue weighted by Gasteiger charge is 2.09. The zero-order chi connectivity index (χ0) is 15.4. The number of rotatable bonds is 4. The molecular weight excluding hydrogens is 304 g/mol. The number of anilines is 1. The lowest BCUT2D eigenvalue weighted by molar-refractivity contribution is -0.0498. The normalized spacial score (nSPS) is 10.5. The predicted octanol–water partition coefficient (Wildman–Crippen LogP) is 3.90. The Kier molecular flexibility index (Phi) is 4.59. The van der Waals surface area contributed by atoms with Crippen molar-refractivity contribution in [1.29, 1.82) is 0 Å². The highest BCUT2D eigenvalue weighted by molar-refractivity contribution is 6.32. The maximum Gasteiger partial charge on any atom is 0.387 e. The van der Waals surface area contributed by atoms with Crippen molar-refractivity contribution in [2.75, 3.05) is 5.32 Å². The lowest BCUT2D eigenvalue weighted by Crippen LogP contribution is -2.11. The highest BCUT2D eigenvalue weighted by atomic mass is 35.5. The number of nitrogens with one attached hydrogen (secondary N) is 1. The van der Waals surface area contributed by atoms with E-state index in [0.29, 0.717) is 5.69 Å². The van der Waals surface area contributed by atoms with Crippen LogP contribution in [-0.4, -0.2) is 17.6 Å². The van der Waals surface area contributed by atoms with Gasteiger partial charge in [-0.3, -0.25) is 4.79 Å². The predicted molar refractivity (Wildman–Crippen MR) is 74.1 cm³/mol. The summed E-state index contributed by atoms with van der Waals surface area (Å²) in [7, 11) is 0. The van der Waals surface area contributed by atoms with Gasteiger partial charge in [-0.25, -0.2) is 0 Å². The van der Waals surface area contributed by atoms with Crippen LogP contribution in [0, 0.1) is 0 Å². The van der Waals surface area contributed by atoms with E-state index < -0.39 is 12.5 Å². The number of aromatic hydroxyl groups is 1. The van der Waals surface area contributed by atoms with Gasteiger partial charge >= 0.3 is 6.61 Å². The minimum atomic E-state index is -2.91. The molecule has 0 aliphatic carbocycles. The molecule has 7 heteroatoms. The van der Waals surface area contributed by atoms with Gasteiger partial charge in [0.1, 0.15) is 11.5 Å². The van der Waals surface area contributed by atoms with Crippen molar-refractivity contribution in [2.24, 2.45) is 0 Å². The summed E-state index contributed by atoms with van der Waals surface area (Å²) in [5.74, 6) is -0.572. The van der Waals surface area contributed by atoms with Crippen molar-refractivity contribution in [3.8, 4) is 11.5 Å². The number of halogens is 3. The summed E-state index contributed by atoms with van der Waals surface area (Å²) in [5.41, 5.74) is 0.663. The van der Waals surface area contributed by atoms with Gasteiger partial charge in [0.25, 0.3) is 5.91 Å². The number of phenols is 1. The summed E-state index contributed by atoms with van der Waals surface area (Å²) in [6, 6.07) is 9.47. The monoisotopic (exact) mass is 313 g/mol. The minimum Gasteiger partial charge on any atom is -0.506 e. The Morgan fingerprint density at radius 1 is 1.19 bits per heavy atom. The molecule has 0 spiro atoms. The minimum absolute atomic E-state index is 0.0331. The van der Waals surface area contributed by atoms with Crippen LogP contribution >= 0.6 is 11.6 Å². The standard InChI is InChI=1S/C14H10ClF2NO3/c15-11-7-9(3-6-12(11)19)18-13(20)8-1-4-10(5-2-8)21-14(16)17/h1-7,14,19H,(H,18,20). The quantitative estimate of drug-likeness (QED) is 0.842. The Labute approximate surface area is 123 Å². The molecule has 0 fully saturated rings. The molecule has 2 N–H and O–H groups in total. The number of hydrogen-bond donors (Lipinski definition) is 2. The molecule has 2 aromatic carbocycles. The van der Waals surface area contributed by atoms with E-state index >= 15 is 0 Å². The second-order valence-corrected chi connectivity index (χ2v) is 4.43. The fraction of sp³-hybridized carbons (Fsp3) is 0.0714.